The van der Waals surface area contributed by atoms with Crippen LogP contribution in [-0.2, 0) is 10.0 Å². The van der Waals surface area contributed by atoms with E-state index < -0.39 is 16.1 Å². The fourth-order valence-electron chi connectivity index (χ4n) is 6.76. The van der Waals surface area contributed by atoms with E-state index in [1.807, 2.05) is 38.1 Å². The van der Waals surface area contributed by atoms with Crippen LogP contribution in [0.3, 0.4) is 0 Å². The fourth-order valence-corrected chi connectivity index (χ4v) is 7.58. The molecule has 2 N–H and O–H groups in total. The van der Waals surface area contributed by atoms with Crippen molar-refractivity contribution in [2.75, 3.05) is 45.5 Å². The molecule has 1 aromatic heterocycles. The number of sulfonamides is 1. The molecular weight excluding hydrogens is 518 g/mol. The van der Waals surface area contributed by atoms with Gasteiger partial charge in [-0.05, 0) is 57.0 Å². The predicted molar refractivity (Wildman–Crippen MR) is 151 cm³/mol. The SMILES string of the molecule is CC(C)n1c(=O)c(C(=O)N[C@H]2C[C@H]3CC[C@@H](C2)N3CC(O)CN2CCN(S(C)(=O)=O)CC2)cc2ccccc21. The monoisotopic (exact) mass is 559 g/mol. The number of hydrogen-bond acceptors (Lipinski definition) is 7. The van der Waals surface area contributed by atoms with Gasteiger partial charge in [-0.2, -0.15) is 4.31 Å². The lowest BCUT2D eigenvalue weighted by molar-refractivity contribution is 0.0276. The van der Waals surface area contributed by atoms with Gasteiger partial charge in [-0.15, -0.1) is 0 Å². The molecule has 1 amide bonds. The minimum Gasteiger partial charge on any atom is -0.390 e. The summed E-state index contributed by atoms with van der Waals surface area (Å²) in [5.41, 5.74) is 0.752. The van der Waals surface area contributed by atoms with Crippen molar-refractivity contribution in [3.8, 4) is 0 Å². The summed E-state index contributed by atoms with van der Waals surface area (Å²) >= 11 is 0. The zero-order valence-corrected chi connectivity index (χ0v) is 23.9. The van der Waals surface area contributed by atoms with Gasteiger partial charge in [0.1, 0.15) is 5.56 Å². The van der Waals surface area contributed by atoms with Crippen LogP contribution in [0.15, 0.2) is 35.1 Å². The number of aliphatic hydroxyl groups excluding tert-OH is 1. The molecule has 2 aromatic rings. The molecule has 39 heavy (non-hydrogen) atoms. The molecule has 5 rings (SSSR count). The van der Waals surface area contributed by atoms with E-state index in [0.717, 1.165) is 36.6 Å². The molecular formula is C28H41N5O5S. The van der Waals surface area contributed by atoms with E-state index >= 15 is 0 Å². The van der Waals surface area contributed by atoms with Gasteiger partial charge in [0.25, 0.3) is 11.5 Å². The first kappa shape index (κ1) is 28.2. The van der Waals surface area contributed by atoms with Gasteiger partial charge in [0, 0.05) is 63.4 Å². The Morgan fingerprint density at radius 3 is 2.31 bits per heavy atom. The van der Waals surface area contributed by atoms with E-state index in [0.29, 0.717) is 39.3 Å². The minimum atomic E-state index is -3.17. The van der Waals surface area contributed by atoms with Crippen molar-refractivity contribution in [3.05, 3.63) is 46.2 Å². The average Bonchev–Trinajstić information content (AvgIpc) is 3.10. The molecule has 1 aromatic carbocycles. The first-order valence-electron chi connectivity index (χ1n) is 14.1. The van der Waals surface area contributed by atoms with Gasteiger partial charge in [-0.3, -0.25) is 19.4 Å². The number of nitrogens with zero attached hydrogens (tertiary/aromatic N) is 4. The number of carbonyl (C=O) groups excluding carboxylic acids is 1. The Morgan fingerprint density at radius 1 is 1.05 bits per heavy atom. The zero-order chi connectivity index (χ0) is 27.9. The third-order valence-corrected chi connectivity index (χ3v) is 9.92. The molecule has 4 atom stereocenters. The van der Waals surface area contributed by atoms with Crippen LogP contribution in [0.1, 0.15) is 55.9 Å². The Kier molecular flexibility index (Phi) is 8.17. The number of β-amino-alcohol motifs (C(OH)–C–C–N with tert-alkyl or cyclic N) is 1. The van der Waals surface area contributed by atoms with Gasteiger partial charge in [-0.1, -0.05) is 18.2 Å². The number of rotatable bonds is 8. The van der Waals surface area contributed by atoms with Crippen molar-refractivity contribution >= 4 is 26.8 Å². The second kappa shape index (κ2) is 11.3. The van der Waals surface area contributed by atoms with Crippen LogP contribution in [-0.4, -0.2) is 108 Å². The van der Waals surface area contributed by atoms with Gasteiger partial charge >= 0.3 is 0 Å². The number of benzene rings is 1. The number of aromatic nitrogens is 1. The lowest BCUT2D eigenvalue weighted by Gasteiger charge is -2.41. The van der Waals surface area contributed by atoms with E-state index in [9.17, 15) is 23.1 Å². The van der Waals surface area contributed by atoms with Crippen LogP contribution in [0.25, 0.3) is 10.9 Å². The predicted octanol–water partition coefficient (Wildman–Crippen LogP) is 1.25. The number of amides is 1. The second-order valence-corrected chi connectivity index (χ2v) is 13.7. The molecule has 1 unspecified atom stereocenters. The second-order valence-electron chi connectivity index (χ2n) is 11.7. The number of pyridine rings is 1. The number of hydrogen-bond donors (Lipinski definition) is 2. The zero-order valence-electron chi connectivity index (χ0n) is 23.1. The van der Waals surface area contributed by atoms with Crippen LogP contribution in [0.4, 0.5) is 0 Å². The number of piperidine rings is 1. The standard InChI is InChI=1S/C28H41N5O5S/c1-19(2)33-26-7-5-4-6-20(26)14-25(28(33)36)27(35)29-21-15-22-8-9-23(16-21)32(22)18-24(34)17-30-10-12-31(13-11-30)39(3,37)38/h4-7,14,19,21-24,34H,8-13,15-18H2,1-3H3,(H,29,35)/t21-,22+,23-,24?. The number of nitrogens with one attached hydrogen (secondary N) is 1. The highest BCUT2D eigenvalue weighted by atomic mass is 32.2. The van der Waals surface area contributed by atoms with Gasteiger partial charge in [0.2, 0.25) is 10.0 Å². The van der Waals surface area contributed by atoms with Crippen molar-refractivity contribution in [3.63, 3.8) is 0 Å². The first-order chi connectivity index (χ1) is 18.5. The maximum atomic E-state index is 13.3. The fraction of sp³-hybridized carbons (Fsp3) is 0.643. The summed E-state index contributed by atoms with van der Waals surface area (Å²) in [5, 5.41) is 14.9. The molecule has 3 fully saturated rings. The molecule has 4 heterocycles. The molecule has 0 radical (unpaired) electrons. The van der Waals surface area contributed by atoms with Gasteiger partial charge < -0.3 is 15.0 Å². The molecule has 10 nitrogen and oxygen atoms in total. The van der Waals surface area contributed by atoms with Gasteiger partial charge in [-0.25, -0.2) is 8.42 Å². The smallest absolute Gasteiger partial charge is 0.264 e. The summed E-state index contributed by atoms with van der Waals surface area (Å²) in [7, 11) is -3.17. The normalized spacial score (nSPS) is 25.8. The average molecular weight is 560 g/mol. The number of aliphatic hydroxyl groups is 1. The first-order valence-corrected chi connectivity index (χ1v) is 15.9. The van der Waals surface area contributed by atoms with Crippen molar-refractivity contribution in [1.82, 2.24) is 24.0 Å². The lowest BCUT2D eigenvalue weighted by atomic mass is 9.96. The molecule has 214 valence electrons. The van der Waals surface area contributed by atoms with E-state index in [2.05, 4.69) is 15.1 Å². The summed E-state index contributed by atoms with van der Waals surface area (Å²) in [5.74, 6) is -0.314. The molecule has 11 heteroatoms. The van der Waals surface area contributed by atoms with Crippen LogP contribution in [0, 0.1) is 0 Å². The molecule has 3 aliphatic heterocycles. The Balaban J connectivity index is 1.18. The Labute approximate surface area is 230 Å². The highest BCUT2D eigenvalue weighted by Crippen LogP contribution is 2.36. The third-order valence-electron chi connectivity index (χ3n) is 8.62. The largest absolute Gasteiger partial charge is 0.390 e. The van der Waals surface area contributed by atoms with Crippen molar-refractivity contribution in [2.24, 2.45) is 0 Å². The summed E-state index contributed by atoms with van der Waals surface area (Å²) in [6, 6.07) is 9.87. The van der Waals surface area contributed by atoms with Crippen molar-refractivity contribution in [1.29, 1.82) is 0 Å². The third kappa shape index (κ3) is 6.07. The summed E-state index contributed by atoms with van der Waals surface area (Å²) in [4.78, 5) is 31.1. The molecule has 0 spiro atoms. The van der Waals surface area contributed by atoms with Crippen LogP contribution in [0.2, 0.25) is 0 Å². The molecule has 2 bridgehead atoms. The quantitative estimate of drug-likeness (QED) is 0.500. The van der Waals surface area contributed by atoms with Crippen molar-refractivity contribution < 1.29 is 18.3 Å². The molecule has 3 aliphatic rings. The highest BCUT2D eigenvalue weighted by molar-refractivity contribution is 7.88. The highest BCUT2D eigenvalue weighted by Gasteiger charge is 2.42. The van der Waals surface area contributed by atoms with E-state index in [-0.39, 0.29) is 41.2 Å². The van der Waals surface area contributed by atoms with Crippen molar-refractivity contribution in [2.45, 2.75) is 69.8 Å². The Morgan fingerprint density at radius 2 is 1.69 bits per heavy atom. The lowest BCUT2D eigenvalue weighted by Crippen LogP contribution is -2.55. The van der Waals surface area contributed by atoms with E-state index in [1.54, 1.807) is 10.6 Å². The van der Waals surface area contributed by atoms with E-state index in [1.165, 1.54) is 10.6 Å². The maximum Gasteiger partial charge on any atom is 0.264 e. The molecule has 0 aliphatic carbocycles. The number of piperazine rings is 1. The van der Waals surface area contributed by atoms with Crippen LogP contribution < -0.4 is 10.9 Å². The van der Waals surface area contributed by atoms with E-state index in [4.69, 9.17) is 0 Å². The molecule has 3 saturated heterocycles. The number of fused-ring (bicyclic) bond motifs is 3. The Hall–Kier alpha value is -2.31. The van der Waals surface area contributed by atoms with Gasteiger partial charge in [0.15, 0.2) is 0 Å². The summed E-state index contributed by atoms with van der Waals surface area (Å²) in [6.07, 6.45) is 4.39. The van der Waals surface area contributed by atoms with Gasteiger partial charge in [0.05, 0.1) is 17.9 Å². The minimum absolute atomic E-state index is 0.00849. The summed E-state index contributed by atoms with van der Waals surface area (Å²) < 4.78 is 26.7. The number of carbonyl (C=O) groups is 1. The van der Waals surface area contributed by atoms with Crippen LogP contribution >= 0.6 is 0 Å². The Bertz CT molecular complexity index is 1350. The maximum absolute atomic E-state index is 13.3. The number of para-hydroxylation sites is 1. The molecule has 0 saturated carbocycles. The summed E-state index contributed by atoms with van der Waals surface area (Å²) in [6.45, 7) is 7.17. The van der Waals surface area contributed by atoms with Crippen LogP contribution in [0.5, 0.6) is 0 Å². The topological polar surface area (TPSA) is 115 Å².